The molecule has 0 bridgehead atoms. The highest BCUT2D eigenvalue weighted by Gasteiger charge is 2.52. The zero-order valence-corrected chi connectivity index (χ0v) is 27.0. The third kappa shape index (κ3) is 8.87. The Morgan fingerprint density at radius 3 is 2.32 bits per heavy atom. The van der Waals surface area contributed by atoms with Gasteiger partial charge in [0, 0.05) is 31.6 Å². The molecule has 6 atom stereocenters. The molecule has 0 heterocycles. The summed E-state index contributed by atoms with van der Waals surface area (Å²) in [6, 6.07) is 0. The molecular formula is C34H54O7. The van der Waals surface area contributed by atoms with E-state index in [1.807, 2.05) is 67.5 Å². The lowest BCUT2D eigenvalue weighted by atomic mass is 9.58. The SMILES string of the molecule is CC(=O)OC(CC1C(C)=CCC(=O)C1(C)C)C(C)=CC(O)CC=C(C)CCC1C(C)(OC(C)=O)CCC(O)C1(C)C. The van der Waals surface area contributed by atoms with Gasteiger partial charge >= 0.3 is 11.9 Å². The number of hydrogen-bond donors (Lipinski definition) is 2. The topological polar surface area (TPSA) is 110 Å². The molecule has 0 radical (unpaired) electrons. The molecule has 0 aromatic rings. The van der Waals surface area contributed by atoms with Crippen molar-refractivity contribution in [1.82, 2.24) is 0 Å². The minimum Gasteiger partial charge on any atom is -0.459 e. The van der Waals surface area contributed by atoms with Gasteiger partial charge in [0.2, 0.25) is 0 Å². The zero-order chi connectivity index (χ0) is 31.3. The number of aliphatic hydroxyl groups is 2. The summed E-state index contributed by atoms with van der Waals surface area (Å²) in [7, 11) is 0. The van der Waals surface area contributed by atoms with Crippen LogP contribution in [0.15, 0.2) is 34.9 Å². The summed E-state index contributed by atoms with van der Waals surface area (Å²) in [5, 5.41) is 21.6. The maximum atomic E-state index is 12.6. The number of ketones is 1. The first-order valence-electron chi connectivity index (χ1n) is 15.1. The van der Waals surface area contributed by atoms with Crippen molar-refractivity contribution in [1.29, 1.82) is 0 Å². The fourth-order valence-corrected chi connectivity index (χ4v) is 7.04. The number of hydrogen-bond acceptors (Lipinski definition) is 7. The van der Waals surface area contributed by atoms with E-state index in [4.69, 9.17) is 9.47 Å². The number of esters is 2. The standard InChI is InChI=1S/C34H54O7/c1-21(12-15-29-33(8,9)31(39)17-18-34(29,10)41-25(5)36)11-14-26(37)19-23(3)28(40-24(4)35)20-27-22(2)13-16-30(38)32(27,6)7/h11,13,19,26-29,31,37,39H,12,14-18,20H2,1-10H3. The number of carbonyl (C=O) groups is 3. The first-order chi connectivity index (χ1) is 18.8. The van der Waals surface area contributed by atoms with E-state index < -0.39 is 40.7 Å². The van der Waals surface area contributed by atoms with Crippen molar-refractivity contribution in [2.24, 2.45) is 22.7 Å². The predicted octanol–water partition coefficient (Wildman–Crippen LogP) is 6.41. The largest absolute Gasteiger partial charge is 0.459 e. The summed E-state index contributed by atoms with van der Waals surface area (Å²) in [4.78, 5) is 36.4. The lowest BCUT2D eigenvalue weighted by Crippen LogP contribution is -2.55. The second-order valence-corrected chi connectivity index (χ2v) is 13.8. The lowest BCUT2D eigenvalue weighted by molar-refractivity contribution is -0.188. The van der Waals surface area contributed by atoms with Crippen LogP contribution in [0, 0.1) is 22.7 Å². The van der Waals surface area contributed by atoms with Gasteiger partial charge in [0.15, 0.2) is 0 Å². The summed E-state index contributed by atoms with van der Waals surface area (Å²) in [6.45, 7) is 18.7. The number of Topliss-reactive ketones (excluding diaryl/α,β-unsaturated/α-hetero) is 1. The zero-order valence-electron chi connectivity index (χ0n) is 27.0. The Bertz CT molecular complexity index is 1060. The van der Waals surface area contributed by atoms with Crippen LogP contribution in [0.4, 0.5) is 0 Å². The predicted molar refractivity (Wildman–Crippen MR) is 161 cm³/mol. The molecule has 0 aromatic heterocycles. The molecule has 0 amide bonds. The summed E-state index contributed by atoms with van der Waals surface area (Å²) in [6.07, 6.45) is 7.99. The molecule has 0 aromatic carbocycles. The molecule has 232 valence electrons. The van der Waals surface area contributed by atoms with Crippen molar-refractivity contribution in [2.75, 3.05) is 0 Å². The van der Waals surface area contributed by atoms with Gasteiger partial charge in [0.25, 0.3) is 0 Å². The number of aliphatic hydroxyl groups excluding tert-OH is 2. The van der Waals surface area contributed by atoms with E-state index in [1.165, 1.54) is 13.8 Å². The highest BCUT2D eigenvalue weighted by Crippen LogP contribution is 2.50. The first-order valence-corrected chi connectivity index (χ1v) is 15.1. The van der Waals surface area contributed by atoms with Crippen molar-refractivity contribution in [3.63, 3.8) is 0 Å². The number of carbonyl (C=O) groups excluding carboxylic acids is 3. The van der Waals surface area contributed by atoms with Crippen LogP contribution < -0.4 is 0 Å². The van der Waals surface area contributed by atoms with E-state index in [2.05, 4.69) is 0 Å². The van der Waals surface area contributed by atoms with Crippen LogP contribution in [0.25, 0.3) is 0 Å². The Morgan fingerprint density at radius 2 is 1.73 bits per heavy atom. The summed E-state index contributed by atoms with van der Waals surface area (Å²) in [5.74, 6) is -0.603. The number of ether oxygens (including phenoxy) is 2. The van der Waals surface area contributed by atoms with Gasteiger partial charge in [-0.2, -0.15) is 0 Å². The molecule has 2 rings (SSSR count). The fraction of sp³-hybridized carbons (Fsp3) is 0.735. The van der Waals surface area contributed by atoms with Crippen LogP contribution in [0.5, 0.6) is 0 Å². The maximum absolute atomic E-state index is 12.6. The van der Waals surface area contributed by atoms with Crippen molar-refractivity contribution < 1.29 is 34.1 Å². The third-order valence-electron chi connectivity index (χ3n) is 9.79. The van der Waals surface area contributed by atoms with Crippen LogP contribution in [0.3, 0.4) is 0 Å². The van der Waals surface area contributed by atoms with E-state index in [0.717, 1.165) is 29.6 Å². The third-order valence-corrected chi connectivity index (χ3v) is 9.79. The molecule has 7 heteroatoms. The van der Waals surface area contributed by atoms with Gasteiger partial charge in [-0.25, -0.2) is 0 Å². The summed E-state index contributed by atoms with van der Waals surface area (Å²) < 4.78 is 11.5. The first kappa shape index (κ1) is 34.9. The van der Waals surface area contributed by atoms with E-state index in [1.54, 1.807) is 6.08 Å². The lowest BCUT2D eigenvalue weighted by Gasteiger charge is -2.52. The van der Waals surface area contributed by atoms with Gasteiger partial charge in [0.1, 0.15) is 17.5 Å². The Kier molecular flexibility index (Phi) is 11.8. The smallest absolute Gasteiger partial charge is 0.303 e. The van der Waals surface area contributed by atoms with Crippen LogP contribution in [-0.4, -0.2) is 51.8 Å². The molecule has 2 N–H and O–H groups in total. The Balaban J connectivity index is 2.11. The minimum atomic E-state index is -0.764. The second kappa shape index (κ2) is 13.8. The normalized spacial score (nSPS) is 29.8. The molecule has 7 nitrogen and oxygen atoms in total. The maximum Gasteiger partial charge on any atom is 0.303 e. The van der Waals surface area contributed by atoms with Crippen LogP contribution in [0.2, 0.25) is 0 Å². The van der Waals surface area contributed by atoms with Gasteiger partial charge in [-0.3, -0.25) is 14.4 Å². The molecule has 6 unspecified atom stereocenters. The molecule has 0 spiro atoms. The van der Waals surface area contributed by atoms with Crippen molar-refractivity contribution in [2.45, 2.75) is 138 Å². The number of allylic oxidation sites excluding steroid dienone is 3. The Morgan fingerprint density at radius 1 is 1.10 bits per heavy atom. The van der Waals surface area contributed by atoms with Crippen LogP contribution in [-0.2, 0) is 23.9 Å². The number of rotatable bonds is 11. The molecular weight excluding hydrogens is 520 g/mol. The Labute approximate surface area is 247 Å². The quantitative estimate of drug-likeness (QED) is 0.217. The highest BCUT2D eigenvalue weighted by atomic mass is 16.6. The van der Waals surface area contributed by atoms with E-state index in [9.17, 15) is 24.6 Å². The van der Waals surface area contributed by atoms with Crippen molar-refractivity contribution >= 4 is 17.7 Å². The highest BCUT2D eigenvalue weighted by molar-refractivity contribution is 5.87. The monoisotopic (exact) mass is 574 g/mol. The molecule has 1 fully saturated rings. The van der Waals surface area contributed by atoms with Crippen LogP contribution >= 0.6 is 0 Å². The van der Waals surface area contributed by atoms with Gasteiger partial charge in [0.05, 0.1) is 12.2 Å². The van der Waals surface area contributed by atoms with Crippen molar-refractivity contribution in [3.05, 3.63) is 34.9 Å². The van der Waals surface area contributed by atoms with Gasteiger partial charge in [-0.1, -0.05) is 57.1 Å². The van der Waals surface area contributed by atoms with Crippen LogP contribution in [0.1, 0.15) is 114 Å². The fourth-order valence-electron chi connectivity index (χ4n) is 7.04. The molecule has 1 saturated carbocycles. The summed E-state index contributed by atoms with van der Waals surface area (Å²) in [5.41, 5.74) is 1.40. The average molecular weight is 575 g/mol. The molecule has 2 aliphatic rings. The average Bonchev–Trinajstić information content (AvgIpc) is 2.84. The van der Waals surface area contributed by atoms with Crippen molar-refractivity contribution in [3.8, 4) is 0 Å². The van der Waals surface area contributed by atoms with E-state index in [0.29, 0.717) is 32.1 Å². The van der Waals surface area contributed by atoms with E-state index in [-0.39, 0.29) is 23.6 Å². The summed E-state index contributed by atoms with van der Waals surface area (Å²) >= 11 is 0. The molecule has 0 saturated heterocycles. The molecule has 2 aliphatic carbocycles. The van der Waals surface area contributed by atoms with Gasteiger partial charge < -0.3 is 19.7 Å². The molecule has 0 aliphatic heterocycles. The van der Waals surface area contributed by atoms with Gasteiger partial charge in [-0.05, 0) is 83.1 Å². The Hall–Kier alpha value is -2.25. The minimum absolute atomic E-state index is 0.0176. The van der Waals surface area contributed by atoms with Gasteiger partial charge in [-0.15, -0.1) is 0 Å². The second-order valence-electron chi connectivity index (χ2n) is 13.8. The van der Waals surface area contributed by atoms with E-state index >= 15 is 0 Å². The molecule has 41 heavy (non-hydrogen) atoms.